The fourth-order valence-corrected chi connectivity index (χ4v) is 1.22. The monoisotopic (exact) mass is 222 g/mol. The van der Waals surface area contributed by atoms with E-state index < -0.39 is 23.6 Å². The molecular weight excluding hydrogens is 212 g/mol. The Morgan fingerprint density at radius 3 is 2.33 bits per heavy atom. The maximum Gasteiger partial charge on any atom is 0.416 e. The van der Waals surface area contributed by atoms with E-state index in [1.165, 1.54) is 0 Å². The lowest BCUT2D eigenvalue weighted by Crippen LogP contribution is -2.24. The van der Waals surface area contributed by atoms with E-state index in [0.717, 1.165) is 12.1 Å². The van der Waals surface area contributed by atoms with E-state index in [1.54, 1.807) is 0 Å². The smallest absolute Gasteiger partial charge is 0.329 e. The minimum atomic E-state index is -4.62. The van der Waals surface area contributed by atoms with Gasteiger partial charge in [0.25, 0.3) is 0 Å². The number of nitrogens with two attached hydrogens (primary N) is 2. The van der Waals surface area contributed by atoms with Crippen molar-refractivity contribution >= 4 is 0 Å². The number of benzene rings is 1. The van der Waals surface area contributed by atoms with Crippen LogP contribution in [0.5, 0.6) is 0 Å². The Morgan fingerprint density at radius 2 is 1.87 bits per heavy atom. The summed E-state index contributed by atoms with van der Waals surface area (Å²) in [6.07, 6.45) is -4.62. The zero-order valence-corrected chi connectivity index (χ0v) is 7.68. The summed E-state index contributed by atoms with van der Waals surface area (Å²) in [6, 6.07) is 1.42. The molecule has 0 aliphatic heterocycles. The normalized spacial score (nSPS) is 14.0. The van der Waals surface area contributed by atoms with E-state index in [-0.39, 0.29) is 12.1 Å². The van der Waals surface area contributed by atoms with E-state index in [2.05, 4.69) is 0 Å². The number of halogens is 4. The van der Waals surface area contributed by atoms with Gasteiger partial charge in [-0.1, -0.05) is 6.07 Å². The molecule has 0 heterocycles. The van der Waals surface area contributed by atoms with Crippen LogP contribution in [0.2, 0.25) is 0 Å². The van der Waals surface area contributed by atoms with Crippen molar-refractivity contribution in [2.24, 2.45) is 11.5 Å². The average molecular weight is 222 g/mol. The highest BCUT2D eigenvalue weighted by Crippen LogP contribution is 2.34. The van der Waals surface area contributed by atoms with Gasteiger partial charge in [0, 0.05) is 12.6 Å². The van der Waals surface area contributed by atoms with Crippen molar-refractivity contribution < 1.29 is 17.6 Å². The third-order valence-electron chi connectivity index (χ3n) is 1.97. The number of rotatable bonds is 2. The maximum atomic E-state index is 12.7. The number of hydrogen-bond acceptors (Lipinski definition) is 2. The van der Waals surface area contributed by atoms with Gasteiger partial charge in [0.05, 0.1) is 5.56 Å². The van der Waals surface area contributed by atoms with Gasteiger partial charge in [-0.25, -0.2) is 4.39 Å². The van der Waals surface area contributed by atoms with Gasteiger partial charge in [0.15, 0.2) is 0 Å². The van der Waals surface area contributed by atoms with Gasteiger partial charge in [0.1, 0.15) is 5.82 Å². The highest BCUT2D eigenvalue weighted by molar-refractivity contribution is 5.33. The zero-order valence-electron chi connectivity index (χ0n) is 7.68. The Balaban J connectivity index is 3.27. The zero-order chi connectivity index (χ0) is 11.6. The summed E-state index contributed by atoms with van der Waals surface area (Å²) >= 11 is 0. The molecule has 0 saturated carbocycles. The summed E-state index contributed by atoms with van der Waals surface area (Å²) in [7, 11) is 0. The molecule has 6 heteroatoms. The molecule has 0 aliphatic carbocycles. The Labute approximate surface area is 83.9 Å². The van der Waals surface area contributed by atoms with E-state index >= 15 is 0 Å². The van der Waals surface area contributed by atoms with Gasteiger partial charge in [-0.15, -0.1) is 0 Å². The predicted octanol–water partition coefficient (Wildman–Crippen LogP) is 1.80. The first-order valence-electron chi connectivity index (χ1n) is 4.18. The summed E-state index contributed by atoms with van der Waals surface area (Å²) in [4.78, 5) is 0. The second-order valence-electron chi connectivity index (χ2n) is 3.07. The lowest BCUT2D eigenvalue weighted by atomic mass is 10.0. The summed E-state index contributed by atoms with van der Waals surface area (Å²) in [5.74, 6) is -0.949. The standard InChI is InChI=1S/C9H10F4N2/c10-5-1-2-6(8(15)4-14)7(3-5)9(11,12)13/h1-3,8H,4,14-15H2/t8-/m1/s1. The lowest BCUT2D eigenvalue weighted by molar-refractivity contribution is -0.138. The topological polar surface area (TPSA) is 52.0 Å². The van der Waals surface area contributed by atoms with Crippen LogP contribution in [0.4, 0.5) is 17.6 Å². The molecule has 1 aromatic carbocycles. The molecule has 1 aromatic rings. The fourth-order valence-electron chi connectivity index (χ4n) is 1.22. The van der Waals surface area contributed by atoms with E-state index in [9.17, 15) is 17.6 Å². The highest BCUT2D eigenvalue weighted by atomic mass is 19.4. The SMILES string of the molecule is NC[C@@H](N)c1ccc(F)cc1C(F)(F)F. The molecular formula is C9H10F4N2. The maximum absolute atomic E-state index is 12.7. The molecule has 0 aliphatic rings. The van der Waals surface area contributed by atoms with Crippen LogP contribution in [0, 0.1) is 5.82 Å². The van der Waals surface area contributed by atoms with Crippen LogP contribution < -0.4 is 11.5 Å². The number of alkyl halides is 3. The molecule has 4 N–H and O–H groups in total. The molecule has 0 radical (unpaired) electrons. The van der Waals surface area contributed by atoms with Crippen LogP contribution in [0.1, 0.15) is 17.2 Å². The second kappa shape index (κ2) is 4.16. The summed E-state index contributed by atoms with van der Waals surface area (Å²) < 4.78 is 50.1. The molecule has 1 atom stereocenters. The van der Waals surface area contributed by atoms with Crippen molar-refractivity contribution in [1.29, 1.82) is 0 Å². The van der Waals surface area contributed by atoms with Gasteiger partial charge in [-0.05, 0) is 17.7 Å². The summed E-state index contributed by atoms with van der Waals surface area (Å²) in [5.41, 5.74) is 9.31. The van der Waals surface area contributed by atoms with Crippen molar-refractivity contribution in [2.75, 3.05) is 6.54 Å². The Morgan fingerprint density at radius 1 is 1.27 bits per heavy atom. The molecule has 0 bridgehead atoms. The van der Waals surface area contributed by atoms with Gasteiger partial charge in [-0.3, -0.25) is 0 Å². The molecule has 0 spiro atoms. The van der Waals surface area contributed by atoms with Crippen LogP contribution >= 0.6 is 0 Å². The van der Waals surface area contributed by atoms with Gasteiger partial charge in [0.2, 0.25) is 0 Å². The van der Waals surface area contributed by atoms with Crippen LogP contribution in [0.3, 0.4) is 0 Å². The van der Waals surface area contributed by atoms with E-state index in [1.807, 2.05) is 0 Å². The van der Waals surface area contributed by atoms with Crippen molar-refractivity contribution in [3.8, 4) is 0 Å². The predicted molar refractivity (Wildman–Crippen MR) is 47.4 cm³/mol. The largest absolute Gasteiger partial charge is 0.416 e. The molecule has 0 fully saturated rings. The van der Waals surface area contributed by atoms with Gasteiger partial charge in [-0.2, -0.15) is 13.2 Å². The quantitative estimate of drug-likeness (QED) is 0.749. The van der Waals surface area contributed by atoms with Crippen LogP contribution in [0.25, 0.3) is 0 Å². The van der Waals surface area contributed by atoms with Crippen LogP contribution in [0.15, 0.2) is 18.2 Å². The fraction of sp³-hybridized carbons (Fsp3) is 0.333. The minimum absolute atomic E-state index is 0.130. The second-order valence-corrected chi connectivity index (χ2v) is 3.07. The van der Waals surface area contributed by atoms with Crippen molar-refractivity contribution in [3.05, 3.63) is 35.1 Å². The first kappa shape index (κ1) is 11.9. The number of hydrogen-bond donors (Lipinski definition) is 2. The Bertz CT molecular complexity index is 348. The molecule has 0 amide bonds. The van der Waals surface area contributed by atoms with Crippen molar-refractivity contribution in [2.45, 2.75) is 12.2 Å². The third kappa shape index (κ3) is 2.66. The molecule has 84 valence electrons. The third-order valence-corrected chi connectivity index (χ3v) is 1.97. The molecule has 2 nitrogen and oxygen atoms in total. The van der Waals surface area contributed by atoms with E-state index in [4.69, 9.17) is 11.5 Å². The minimum Gasteiger partial charge on any atom is -0.329 e. The average Bonchev–Trinajstić information content (AvgIpc) is 2.15. The van der Waals surface area contributed by atoms with Gasteiger partial charge >= 0.3 is 6.18 Å². The summed E-state index contributed by atoms with van der Waals surface area (Å²) in [6.45, 7) is -0.130. The van der Waals surface area contributed by atoms with Crippen LogP contribution in [-0.2, 0) is 6.18 Å². The van der Waals surface area contributed by atoms with Crippen molar-refractivity contribution in [3.63, 3.8) is 0 Å². The first-order valence-corrected chi connectivity index (χ1v) is 4.18. The first-order chi connectivity index (χ1) is 6.86. The molecule has 1 rings (SSSR count). The Hall–Kier alpha value is -1.14. The molecule has 0 unspecified atom stereocenters. The van der Waals surface area contributed by atoms with Crippen LogP contribution in [-0.4, -0.2) is 6.54 Å². The summed E-state index contributed by atoms with van der Waals surface area (Å²) in [5, 5.41) is 0. The van der Waals surface area contributed by atoms with E-state index in [0.29, 0.717) is 6.07 Å². The molecule has 0 saturated heterocycles. The van der Waals surface area contributed by atoms with Gasteiger partial charge < -0.3 is 11.5 Å². The highest BCUT2D eigenvalue weighted by Gasteiger charge is 2.34. The molecule has 0 aromatic heterocycles. The molecule has 15 heavy (non-hydrogen) atoms. The lowest BCUT2D eigenvalue weighted by Gasteiger charge is -2.16. The Kier molecular flexibility index (Phi) is 3.31. The van der Waals surface area contributed by atoms with Crippen molar-refractivity contribution in [1.82, 2.24) is 0 Å².